The number of aromatic nitrogens is 1. The fraction of sp³-hybridized carbons (Fsp3) is 0.333. The third-order valence-corrected chi connectivity index (χ3v) is 7.13. The van der Waals surface area contributed by atoms with Crippen LogP contribution in [0.4, 0.5) is 24.7 Å². The molecule has 5 amide bonds. The molecule has 1 atom stereocenters. The first-order valence-corrected chi connectivity index (χ1v) is 15.4. The van der Waals surface area contributed by atoms with Gasteiger partial charge in [0.1, 0.15) is 18.1 Å². The van der Waals surface area contributed by atoms with Crippen molar-refractivity contribution in [3.63, 3.8) is 0 Å². The van der Waals surface area contributed by atoms with Crippen LogP contribution in [0, 0.1) is 5.82 Å². The van der Waals surface area contributed by atoms with Crippen LogP contribution in [0.5, 0.6) is 0 Å². The van der Waals surface area contributed by atoms with E-state index in [9.17, 15) is 23.3 Å². The lowest BCUT2D eigenvalue weighted by Crippen LogP contribution is -2.46. The molecule has 0 unspecified atom stereocenters. The highest BCUT2D eigenvalue weighted by Crippen LogP contribution is 2.35. The molecule has 3 aromatic rings. The van der Waals surface area contributed by atoms with Gasteiger partial charge in [-0.05, 0) is 24.5 Å². The lowest BCUT2D eigenvalue weighted by atomic mass is 10.1. The van der Waals surface area contributed by atoms with Crippen LogP contribution in [0.2, 0.25) is 5.02 Å². The minimum absolute atomic E-state index is 0.0508. The lowest BCUT2D eigenvalue weighted by molar-refractivity contribution is 0.112. The zero-order chi connectivity index (χ0) is 32.8. The molecule has 6 N–H and O–H groups in total. The van der Waals surface area contributed by atoms with E-state index in [1.54, 1.807) is 6.07 Å². The fourth-order valence-corrected chi connectivity index (χ4v) is 4.38. The van der Waals surface area contributed by atoms with E-state index in [4.69, 9.17) is 30.6 Å². The van der Waals surface area contributed by atoms with Crippen LogP contribution in [-0.2, 0) is 20.4 Å². The predicted molar refractivity (Wildman–Crippen MR) is 161 cm³/mol. The molecule has 18 heteroatoms. The molecule has 0 bridgehead atoms. The molecule has 15 nitrogen and oxygen atoms in total. The van der Waals surface area contributed by atoms with Crippen molar-refractivity contribution in [2.75, 3.05) is 38.7 Å². The van der Waals surface area contributed by atoms with Gasteiger partial charge in [0.05, 0.1) is 17.7 Å². The molecule has 1 aromatic heterocycles. The van der Waals surface area contributed by atoms with E-state index in [0.717, 1.165) is 5.56 Å². The van der Waals surface area contributed by atoms with Crippen molar-refractivity contribution in [1.29, 1.82) is 0 Å². The minimum Gasteiger partial charge on any atom is -0.447 e. The standard InChI is InChI=1S/C27H33ClFN6O9P/c1-35(26(37)32-16-19-9-5-11-21(29)24(19)28)20(10-6-12-30-25(36)31-13-14-43-45(39,40)41)17-42-27(38)33-23-15-22(34-44-23)18-7-3-2-4-8-18/h2-5,7-9,11,15,20H,6,10,12-14,16-17H2,1H3,(H,32,37)(H,33,38)(H2,30,31,36)(H2,39,40,41)/t20-/m0/s1. The van der Waals surface area contributed by atoms with Crippen LogP contribution < -0.4 is 21.3 Å². The molecule has 2 aromatic carbocycles. The summed E-state index contributed by atoms with van der Waals surface area (Å²) in [6, 6.07) is 13.1. The Labute approximate surface area is 262 Å². The second-order valence-corrected chi connectivity index (χ2v) is 11.1. The van der Waals surface area contributed by atoms with Crippen LogP contribution in [-0.4, -0.2) is 77.4 Å². The second-order valence-electron chi connectivity index (χ2n) is 9.45. The Morgan fingerprint density at radius 1 is 1.09 bits per heavy atom. The van der Waals surface area contributed by atoms with Crippen molar-refractivity contribution >= 4 is 43.5 Å². The highest BCUT2D eigenvalue weighted by atomic mass is 35.5. The summed E-state index contributed by atoms with van der Waals surface area (Å²) in [6.45, 7) is -0.665. The van der Waals surface area contributed by atoms with E-state index in [0.29, 0.717) is 17.7 Å². The number of hydrogen-bond acceptors (Lipinski definition) is 8. The Morgan fingerprint density at radius 3 is 2.56 bits per heavy atom. The number of rotatable bonds is 15. The summed E-state index contributed by atoms with van der Waals surface area (Å²) in [5.41, 5.74) is 1.66. The van der Waals surface area contributed by atoms with E-state index >= 15 is 0 Å². The van der Waals surface area contributed by atoms with E-state index in [1.807, 2.05) is 30.3 Å². The van der Waals surface area contributed by atoms with E-state index in [1.165, 1.54) is 30.1 Å². The molecule has 0 aliphatic carbocycles. The first kappa shape index (κ1) is 35.3. The summed E-state index contributed by atoms with van der Waals surface area (Å²) in [5.74, 6) is -0.572. The molecule has 0 aliphatic rings. The second kappa shape index (κ2) is 17.3. The zero-order valence-electron chi connectivity index (χ0n) is 24.1. The third-order valence-electron chi connectivity index (χ3n) is 6.19. The van der Waals surface area contributed by atoms with Crippen molar-refractivity contribution < 1.29 is 46.9 Å². The molecule has 1 heterocycles. The number of carbonyl (C=O) groups is 3. The Hall–Kier alpha value is -4.21. The van der Waals surface area contributed by atoms with Gasteiger partial charge in [0, 0.05) is 38.3 Å². The fourth-order valence-electron chi connectivity index (χ4n) is 3.85. The van der Waals surface area contributed by atoms with Crippen molar-refractivity contribution in [2.45, 2.75) is 25.4 Å². The maximum Gasteiger partial charge on any atom is 0.469 e. The Balaban J connectivity index is 1.53. The highest BCUT2D eigenvalue weighted by Gasteiger charge is 2.23. The monoisotopic (exact) mass is 670 g/mol. The van der Waals surface area contributed by atoms with Gasteiger partial charge in [-0.1, -0.05) is 59.2 Å². The van der Waals surface area contributed by atoms with Crippen LogP contribution in [0.25, 0.3) is 11.3 Å². The molecule has 0 saturated heterocycles. The zero-order valence-corrected chi connectivity index (χ0v) is 25.7. The van der Waals surface area contributed by atoms with Crippen molar-refractivity contribution in [3.05, 3.63) is 71.0 Å². The third kappa shape index (κ3) is 12.4. The number of nitrogens with zero attached hydrogens (tertiary/aromatic N) is 2. The average Bonchev–Trinajstić information content (AvgIpc) is 3.47. The largest absolute Gasteiger partial charge is 0.469 e. The first-order chi connectivity index (χ1) is 21.4. The number of phosphoric ester groups is 1. The number of halogens is 2. The van der Waals surface area contributed by atoms with Gasteiger partial charge in [-0.3, -0.25) is 9.84 Å². The summed E-state index contributed by atoms with van der Waals surface area (Å²) >= 11 is 5.98. The molecule has 45 heavy (non-hydrogen) atoms. The summed E-state index contributed by atoms with van der Waals surface area (Å²) in [5, 5.41) is 13.8. The smallest absolute Gasteiger partial charge is 0.447 e. The van der Waals surface area contributed by atoms with Gasteiger partial charge >= 0.3 is 26.0 Å². The quantitative estimate of drug-likeness (QED) is 0.101. The van der Waals surface area contributed by atoms with Gasteiger partial charge in [0.2, 0.25) is 5.88 Å². The van der Waals surface area contributed by atoms with Gasteiger partial charge in [-0.2, -0.15) is 0 Å². The normalized spacial score (nSPS) is 11.8. The number of nitrogens with one attached hydrogen (secondary N) is 4. The summed E-state index contributed by atoms with van der Waals surface area (Å²) in [7, 11) is -3.15. The highest BCUT2D eigenvalue weighted by molar-refractivity contribution is 7.46. The Kier molecular flexibility index (Phi) is 13.6. The molecule has 0 saturated carbocycles. The number of anilines is 1. The molecular formula is C27H33ClFN6O9P. The van der Waals surface area contributed by atoms with Crippen molar-refractivity contribution in [2.24, 2.45) is 0 Å². The topological polar surface area (TPSA) is 205 Å². The van der Waals surface area contributed by atoms with Gasteiger partial charge < -0.3 is 39.9 Å². The number of carbonyl (C=O) groups excluding carboxylic acids is 3. The molecule has 0 radical (unpaired) electrons. The lowest BCUT2D eigenvalue weighted by Gasteiger charge is -2.28. The maximum absolute atomic E-state index is 13.8. The van der Waals surface area contributed by atoms with Crippen LogP contribution in [0.3, 0.4) is 0 Å². The molecule has 0 aliphatic heterocycles. The van der Waals surface area contributed by atoms with Crippen LogP contribution in [0.1, 0.15) is 18.4 Å². The first-order valence-electron chi connectivity index (χ1n) is 13.5. The van der Waals surface area contributed by atoms with E-state index < -0.39 is 37.8 Å². The molecular weight excluding hydrogens is 638 g/mol. The number of ether oxygens (including phenoxy) is 1. The Morgan fingerprint density at radius 2 is 1.82 bits per heavy atom. The number of hydrogen-bond donors (Lipinski definition) is 6. The number of phosphoric acid groups is 1. The van der Waals surface area contributed by atoms with Gasteiger partial charge in [0.15, 0.2) is 0 Å². The SMILES string of the molecule is CN(C(=O)NCc1cccc(F)c1Cl)[C@@H](CCCNC(=O)NCCOP(=O)(O)O)COC(=O)Nc1cc(-c2ccccc2)no1. The van der Waals surface area contributed by atoms with E-state index in [-0.39, 0.29) is 50.2 Å². The van der Waals surface area contributed by atoms with Crippen molar-refractivity contribution in [3.8, 4) is 11.3 Å². The van der Waals surface area contributed by atoms with Gasteiger partial charge in [-0.15, -0.1) is 0 Å². The summed E-state index contributed by atoms with van der Waals surface area (Å²) in [6.07, 6.45) is -0.232. The Bertz CT molecular complexity index is 1480. The number of urea groups is 2. The molecule has 244 valence electrons. The van der Waals surface area contributed by atoms with Crippen molar-refractivity contribution in [1.82, 2.24) is 26.0 Å². The number of likely N-dealkylation sites (N-methyl/N-ethyl adjacent to an activating group) is 1. The molecule has 0 spiro atoms. The molecule has 3 rings (SSSR count). The maximum atomic E-state index is 13.8. The number of amides is 5. The molecule has 0 fully saturated rings. The summed E-state index contributed by atoms with van der Waals surface area (Å²) in [4.78, 5) is 56.0. The summed E-state index contributed by atoms with van der Waals surface area (Å²) < 4.78 is 39.2. The van der Waals surface area contributed by atoms with Crippen LogP contribution in [0.15, 0.2) is 59.1 Å². The number of benzene rings is 2. The average molecular weight is 671 g/mol. The predicted octanol–water partition coefficient (Wildman–Crippen LogP) is 4.08. The van der Waals surface area contributed by atoms with Gasteiger partial charge in [0.25, 0.3) is 0 Å². The van der Waals surface area contributed by atoms with Gasteiger partial charge in [-0.25, -0.2) is 23.3 Å². The minimum atomic E-state index is -4.63. The van der Waals surface area contributed by atoms with Crippen LogP contribution >= 0.6 is 19.4 Å². The van der Waals surface area contributed by atoms with E-state index in [2.05, 4.69) is 30.9 Å².